The summed E-state index contributed by atoms with van der Waals surface area (Å²) in [6.45, 7) is 2.02. The van der Waals surface area contributed by atoms with Gasteiger partial charge in [-0.05, 0) is 62.4 Å². The standard InChI is InChI=1S/C22H21FN4O4S3/c1-2-31-20(30)17-14-5-3-4-6-15(14)33-19(17)24-16(28)11-32-22-27-26-21(34-22)25-18(29)12-7-9-13(23)10-8-12/h7-10H,2-6,11H2,1H3,(H,24,28)(H,25,26,29). The summed E-state index contributed by atoms with van der Waals surface area (Å²) in [5.74, 6) is -1.48. The molecule has 0 spiro atoms. The van der Waals surface area contributed by atoms with Crippen molar-refractivity contribution in [2.75, 3.05) is 23.0 Å². The number of amides is 2. The molecule has 2 aromatic heterocycles. The maximum atomic E-state index is 13.0. The van der Waals surface area contributed by atoms with Gasteiger partial charge in [0.25, 0.3) is 5.91 Å². The van der Waals surface area contributed by atoms with E-state index in [-0.39, 0.29) is 23.4 Å². The first-order valence-corrected chi connectivity index (χ1v) is 13.2. The Morgan fingerprint density at radius 2 is 1.85 bits per heavy atom. The molecule has 0 radical (unpaired) electrons. The van der Waals surface area contributed by atoms with Gasteiger partial charge in [0.2, 0.25) is 11.0 Å². The monoisotopic (exact) mass is 520 g/mol. The summed E-state index contributed by atoms with van der Waals surface area (Å²) in [5.41, 5.74) is 1.76. The highest BCUT2D eigenvalue weighted by molar-refractivity contribution is 8.01. The molecule has 0 unspecified atom stereocenters. The van der Waals surface area contributed by atoms with Crippen LogP contribution in [0.2, 0.25) is 0 Å². The van der Waals surface area contributed by atoms with Crippen molar-refractivity contribution in [3.05, 3.63) is 51.7 Å². The molecule has 4 rings (SSSR count). The van der Waals surface area contributed by atoms with Crippen molar-refractivity contribution in [2.24, 2.45) is 0 Å². The van der Waals surface area contributed by atoms with Crippen molar-refractivity contribution in [1.29, 1.82) is 0 Å². The normalized spacial score (nSPS) is 12.6. The summed E-state index contributed by atoms with van der Waals surface area (Å²) in [6, 6.07) is 5.15. The second kappa shape index (κ2) is 11.1. The van der Waals surface area contributed by atoms with Crippen molar-refractivity contribution in [1.82, 2.24) is 10.2 Å². The van der Waals surface area contributed by atoms with Gasteiger partial charge >= 0.3 is 5.97 Å². The van der Waals surface area contributed by atoms with Crippen LogP contribution in [-0.2, 0) is 22.4 Å². The van der Waals surface area contributed by atoms with Gasteiger partial charge in [-0.15, -0.1) is 21.5 Å². The molecule has 0 aliphatic heterocycles. The lowest BCUT2D eigenvalue weighted by atomic mass is 9.95. The van der Waals surface area contributed by atoms with Gasteiger partial charge in [0.1, 0.15) is 10.8 Å². The molecule has 1 aliphatic rings. The molecule has 0 atom stereocenters. The first-order chi connectivity index (χ1) is 16.4. The van der Waals surface area contributed by atoms with Crippen molar-refractivity contribution >= 4 is 62.4 Å². The first kappa shape index (κ1) is 24.3. The maximum absolute atomic E-state index is 13.0. The summed E-state index contributed by atoms with van der Waals surface area (Å²) >= 11 is 3.74. The molecule has 0 fully saturated rings. The molecule has 178 valence electrons. The quantitative estimate of drug-likeness (QED) is 0.250. The predicted octanol–water partition coefficient (Wildman–Crippen LogP) is 4.78. The zero-order chi connectivity index (χ0) is 24.1. The van der Waals surface area contributed by atoms with E-state index in [0.717, 1.165) is 47.5 Å². The molecule has 12 heteroatoms. The lowest BCUT2D eigenvalue weighted by Gasteiger charge is -2.12. The van der Waals surface area contributed by atoms with Crippen LogP contribution in [0.1, 0.15) is 50.9 Å². The molecule has 2 N–H and O–H groups in total. The molecular weight excluding hydrogens is 499 g/mol. The number of fused-ring (bicyclic) bond motifs is 1. The highest BCUT2D eigenvalue weighted by Crippen LogP contribution is 2.38. The largest absolute Gasteiger partial charge is 0.462 e. The smallest absolute Gasteiger partial charge is 0.341 e. The summed E-state index contributed by atoms with van der Waals surface area (Å²) in [7, 11) is 0. The average molecular weight is 521 g/mol. The Bertz CT molecular complexity index is 1210. The summed E-state index contributed by atoms with van der Waals surface area (Å²) < 4.78 is 18.7. The lowest BCUT2D eigenvalue weighted by Crippen LogP contribution is -2.17. The number of nitrogens with zero attached hydrogens (tertiary/aromatic N) is 2. The molecule has 0 saturated carbocycles. The Morgan fingerprint density at radius 1 is 1.09 bits per heavy atom. The number of anilines is 2. The minimum absolute atomic E-state index is 0.0609. The van der Waals surface area contributed by atoms with E-state index in [0.29, 0.717) is 20.5 Å². The van der Waals surface area contributed by atoms with E-state index in [1.54, 1.807) is 6.92 Å². The van der Waals surface area contributed by atoms with Gasteiger partial charge in [-0.25, -0.2) is 9.18 Å². The number of rotatable bonds is 8. The van der Waals surface area contributed by atoms with E-state index in [9.17, 15) is 18.8 Å². The van der Waals surface area contributed by atoms with Crippen LogP contribution in [0.4, 0.5) is 14.5 Å². The van der Waals surface area contributed by atoms with E-state index in [1.807, 2.05) is 0 Å². The molecule has 1 aliphatic carbocycles. The Morgan fingerprint density at radius 3 is 2.62 bits per heavy atom. The van der Waals surface area contributed by atoms with Gasteiger partial charge in [-0.2, -0.15) is 0 Å². The zero-order valence-electron chi connectivity index (χ0n) is 18.2. The maximum Gasteiger partial charge on any atom is 0.341 e. The van der Waals surface area contributed by atoms with Crippen LogP contribution in [-0.4, -0.2) is 40.3 Å². The zero-order valence-corrected chi connectivity index (χ0v) is 20.6. The van der Waals surface area contributed by atoms with Crippen LogP contribution in [0.25, 0.3) is 0 Å². The van der Waals surface area contributed by atoms with Crippen LogP contribution < -0.4 is 10.6 Å². The molecule has 0 bridgehead atoms. The van der Waals surface area contributed by atoms with E-state index >= 15 is 0 Å². The minimum atomic E-state index is -0.432. The number of thiophene rings is 1. The van der Waals surface area contributed by atoms with Gasteiger partial charge in [-0.3, -0.25) is 14.9 Å². The SMILES string of the molecule is CCOC(=O)c1c(NC(=O)CSc2nnc(NC(=O)c3ccc(F)cc3)s2)sc2c1CCCC2. The third-order valence-electron chi connectivity index (χ3n) is 4.96. The minimum Gasteiger partial charge on any atom is -0.462 e. The molecule has 2 heterocycles. The lowest BCUT2D eigenvalue weighted by molar-refractivity contribution is -0.113. The van der Waals surface area contributed by atoms with Gasteiger partial charge in [0.05, 0.1) is 17.9 Å². The van der Waals surface area contributed by atoms with Crippen LogP contribution >= 0.6 is 34.4 Å². The molecule has 3 aromatic rings. The third kappa shape index (κ3) is 5.80. The molecule has 1 aromatic carbocycles. The Labute approximate surface area is 207 Å². The van der Waals surface area contributed by atoms with E-state index in [2.05, 4.69) is 20.8 Å². The van der Waals surface area contributed by atoms with Crippen LogP contribution in [0.15, 0.2) is 28.6 Å². The predicted molar refractivity (Wildman–Crippen MR) is 131 cm³/mol. The topological polar surface area (TPSA) is 110 Å². The second-order valence-electron chi connectivity index (χ2n) is 7.31. The van der Waals surface area contributed by atoms with Gasteiger partial charge in [-0.1, -0.05) is 23.1 Å². The number of esters is 1. The number of carbonyl (C=O) groups excluding carboxylic acids is 3. The Hall–Kier alpha value is -2.83. The number of aromatic nitrogens is 2. The van der Waals surface area contributed by atoms with Crippen molar-refractivity contribution < 1.29 is 23.5 Å². The van der Waals surface area contributed by atoms with Gasteiger partial charge < -0.3 is 10.1 Å². The fraction of sp³-hybridized carbons (Fsp3) is 0.318. The summed E-state index contributed by atoms with van der Waals surface area (Å²) in [4.78, 5) is 38.5. The van der Waals surface area contributed by atoms with E-state index in [4.69, 9.17) is 4.74 Å². The van der Waals surface area contributed by atoms with Crippen molar-refractivity contribution in [3.63, 3.8) is 0 Å². The summed E-state index contributed by atoms with van der Waals surface area (Å²) in [5, 5.41) is 14.2. The van der Waals surface area contributed by atoms with E-state index in [1.165, 1.54) is 47.4 Å². The van der Waals surface area contributed by atoms with Gasteiger partial charge in [0, 0.05) is 10.4 Å². The third-order valence-corrected chi connectivity index (χ3v) is 8.14. The molecule has 34 heavy (non-hydrogen) atoms. The number of aryl methyl sites for hydroxylation is 1. The number of hydrogen-bond donors (Lipinski definition) is 2. The number of nitrogens with one attached hydrogen (secondary N) is 2. The number of hydrogen-bond acceptors (Lipinski definition) is 9. The number of halogens is 1. The molecular formula is C22H21FN4O4S3. The fourth-order valence-electron chi connectivity index (χ4n) is 3.45. The van der Waals surface area contributed by atoms with E-state index < -0.39 is 17.7 Å². The molecule has 8 nitrogen and oxygen atoms in total. The number of ether oxygens (including phenoxy) is 1. The van der Waals surface area contributed by atoms with Crippen LogP contribution in [0.3, 0.4) is 0 Å². The van der Waals surface area contributed by atoms with Gasteiger partial charge in [0.15, 0.2) is 4.34 Å². The number of thioether (sulfide) groups is 1. The Kier molecular flexibility index (Phi) is 7.91. The average Bonchev–Trinajstić information content (AvgIpc) is 3.42. The highest BCUT2D eigenvalue weighted by atomic mass is 32.2. The number of benzene rings is 1. The van der Waals surface area contributed by atoms with Crippen LogP contribution in [0, 0.1) is 5.82 Å². The number of carbonyl (C=O) groups is 3. The Balaban J connectivity index is 1.35. The van der Waals surface area contributed by atoms with Crippen molar-refractivity contribution in [3.8, 4) is 0 Å². The first-order valence-electron chi connectivity index (χ1n) is 10.6. The van der Waals surface area contributed by atoms with Crippen LogP contribution in [0.5, 0.6) is 0 Å². The second-order valence-corrected chi connectivity index (χ2v) is 10.6. The van der Waals surface area contributed by atoms with Crippen molar-refractivity contribution in [2.45, 2.75) is 36.9 Å². The molecule has 2 amide bonds. The fourth-order valence-corrected chi connectivity index (χ4v) is 6.29. The molecule has 0 saturated heterocycles. The summed E-state index contributed by atoms with van der Waals surface area (Å²) in [6.07, 6.45) is 3.78. The highest BCUT2D eigenvalue weighted by Gasteiger charge is 2.27.